The number of nitrogens with zero attached hydrogens (tertiary/aromatic N) is 3. The number of thioether (sulfide) groups is 1. The molecule has 0 aliphatic heterocycles. The summed E-state index contributed by atoms with van der Waals surface area (Å²) in [5.74, 6) is 2.82. The van der Waals surface area contributed by atoms with Crippen LogP contribution in [0.5, 0.6) is 0 Å². The van der Waals surface area contributed by atoms with Crippen LogP contribution in [-0.2, 0) is 5.75 Å². The third-order valence-corrected chi connectivity index (χ3v) is 5.18. The number of hydrogen-bond donors (Lipinski definition) is 0. The Labute approximate surface area is 118 Å². The second kappa shape index (κ2) is 4.61. The number of para-hydroxylation sites is 1. The van der Waals surface area contributed by atoms with Gasteiger partial charge in [0.1, 0.15) is 0 Å². The molecule has 1 aliphatic rings. The first-order valence-electron chi connectivity index (χ1n) is 6.19. The standard InChI is InChI=1S/C13H11N3OS2/c1-2-4-10-9(3-1)14-13(19-10)18-7-11-15-12(17-16-11)8-5-6-8/h1-4,8H,5-7H2. The summed E-state index contributed by atoms with van der Waals surface area (Å²) < 4.78 is 7.52. The second-order valence-corrected chi connectivity index (χ2v) is 6.81. The summed E-state index contributed by atoms with van der Waals surface area (Å²) in [4.78, 5) is 9.00. The molecular weight excluding hydrogens is 278 g/mol. The Morgan fingerprint density at radius 2 is 2.16 bits per heavy atom. The van der Waals surface area contributed by atoms with Crippen LogP contribution >= 0.6 is 23.1 Å². The van der Waals surface area contributed by atoms with Gasteiger partial charge in [0.25, 0.3) is 0 Å². The monoisotopic (exact) mass is 289 g/mol. The third kappa shape index (κ3) is 2.37. The molecule has 1 fully saturated rings. The predicted octanol–water partition coefficient (Wildman–Crippen LogP) is 3.85. The van der Waals surface area contributed by atoms with Crippen LogP contribution in [0.4, 0.5) is 0 Å². The van der Waals surface area contributed by atoms with Gasteiger partial charge in [-0.2, -0.15) is 4.98 Å². The fraction of sp³-hybridized carbons (Fsp3) is 0.308. The van der Waals surface area contributed by atoms with Crippen LogP contribution in [0.25, 0.3) is 10.2 Å². The smallest absolute Gasteiger partial charge is 0.229 e. The Morgan fingerprint density at radius 1 is 1.26 bits per heavy atom. The molecule has 19 heavy (non-hydrogen) atoms. The van der Waals surface area contributed by atoms with Crippen LogP contribution in [0.1, 0.15) is 30.5 Å². The van der Waals surface area contributed by atoms with Crippen LogP contribution in [-0.4, -0.2) is 15.1 Å². The molecular formula is C13H11N3OS2. The van der Waals surface area contributed by atoms with Gasteiger partial charge in [-0.25, -0.2) is 4.98 Å². The topological polar surface area (TPSA) is 51.8 Å². The molecule has 1 saturated carbocycles. The Kier molecular flexibility index (Phi) is 2.77. The van der Waals surface area contributed by atoms with E-state index < -0.39 is 0 Å². The quantitative estimate of drug-likeness (QED) is 0.683. The van der Waals surface area contributed by atoms with Crippen LogP contribution in [0.2, 0.25) is 0 Å². The summed E-state index contributed by atoms with van der Waals surface area (Å²) in [6.07, 6.45) is 2.37. The fourth-order valence-corrected chi connectivity index (χ4v) is 3.77. The summed E-state index contributed by atoms with van der Waals surface area (Å²) in [6, 6.07) is 8.18. The first kappa shape index (κ1) is 11.4. The third-order valence-electron chi connectivity index (χ3n) is 3.01. The van der Waals surface area contributed by atoms with Crippen molar-refractivity contribution in [2.75, 3.05) is 0 Å². The number of benzene rings is 1. The summed E-state index contributed by atoms with van der Waals surface area (Å²) >= 11 is 3.37. The predicted molar refractivity (Wildman–Crippen MR) is 75.5 cm³/mol. The zero-order valence-corrected chi connectivity index (χ0v) is 11.7. The van der Waals surface area contributed by atoms with Gasteiger partial charge in [0, 0.05) is 5.92 Å². The number of rotatable bonds is 4. The van der Waals surface area contributed by atoms with Gasteiger partial charge in [-0.15, -0.1) is 11.3 Å². The molecule has 0 spiro atoms. The van der Waals surface area contributed by atoms with Gasteiger partial charge in [-0.3, -0.25) is 0 Å². The average Bonchev–Trinajstić information content (AvgIpc) is 3.03. The Hall–Kier alpha value is -1.40. The van der Waals surface area contributed by atoms with E-state index in [2.05, 4.69) is 21.2 Å². The number of aromatic nitrogens is 3. The van der Waals surface area contributed by atoms with Crippen molar-refractivity contribution in [2.45, 2.75) is 28.9 Å². The van der Waals surface area contributed by atoms with Crippen LogP contribution in [0.3, 0.4) is 0 Å². The Balaban J connectivity index is 1.48. The van der Waals surface area contributed by atoms with Crippen molar-refractivity contribution in [3.8, 4) is 0 Å². The maximum Gasteiger partial charge on any atom is 0.229 e. The maximum atomic E-state index is 5.24. The van der Waals surface area contributed by atoms with Gasteiger partial charge < -0.3 is 4.52 Å². The number of thiazole rings is 1. The van der Waals surface area contributed by atoms with Crippen LogP contribution < -0.4 is 0 Å². The molecule has 0 saturated heterocycles. The highest BCUT2D eigenvalue weighted by molar-refractivity contribution is 8.00. The van der Waals surface area contributed by atoms with Gasteiger partial charge in [0.15, 0.2) is 10.2 Å². The Bertz CT molecular complexity index is 684. The average molecular weight is 289 g/mol. The molecule has 2 heterocycles. The lowest BCUT2D eigenvalue weighted by Gasteiger charge is -1.89. The minimum atomic E-state index is 0.522. The highest BCUT2D eigenvalue weighted by Crippen LogP contribution is 2.39. The minimum absolute atomic E-state index is 0.522. The highest BCUT2D eigenvalue weighted by Gasteiger charge is 2.29. The van der Waals surface area contributed by atoms with Crippen molar-refractivity contribution < 1.29 is 4.52 Å². The molecule has 0 bridgehead atoms. The van der Waals surface area contributed by atoms with Crippen molar-refractivity contribution in [1.82, 2.24) is 15.1 Å². The van der Waals surface area contributed by atoms with Gasteiger partial charge >= 0.3 is 0 Å². The lowest BCUT2D eigenvalue weighted by Crippen LogP contribution is -1.84. The largest absolute Gasteiger partial charge is 0.339 e. The molecule has 0 unspecified atom stereocenters. The molecule has 1 aromatic carbocycles. The molecule has 0 atom stereocenters. The lowest BCUT2D eigenvalue weighted by molar-refractivity contribution is 0.375. The van der Waals surface area contributed by atoms with E-state index in [1.807, 2.05) is 18.2 Å². The lowest BCUT2D eigenvalue weighted by atomic mass is 10.3. The maximum absolute atomic E-state index is 5.24. The van der Waals surface area contributed by atoms with E-state index in [-0.39, 0.29) is 0 Å². The second-order valence-electron chi connectivity index (χ2n) is 4.56. The number of fused-ring (bicyclic) bond motifs is 1. The van der Waals surface area contributed by atoms with Gasteiger partial charge in [-0.05, 0) is 25.0 Å². The molecule has 0 radical (unpaired) electrons. The fourth-order valence-electron chi connectivity index (χ4n) is 1.86. The molecule has 0 N–H and O–H groups in total. The van der Waals surface area contributed by atoms with E-state index in [0.717, 1.165) is 27.3 Å². The molecule has 4 nitrogen and oxygen atoms in total. The van der Waals surface area contributed by atoms with Crippen LogP contribution in [0.15, 0.2) is 33.1 Å². The summed E-state index contributed by atoms with van der Waals surface area (Å²) in [6.45, 7) is 0. The van der Waals surface area contributed by atoms with E-state index >= 15 is 0 Å². The number of hydrogen-bond acceptors (Lipinski definition) is 6. The zero-order chi connectivity index (χ0) is 12.7. The van der Waals surface area contributed by atoms with E-state index in [1.165, 1.54) is 17.5 Å². The van der Waals surface area contributed by atoms with E-state index in [0.29, 0.717) is 5.92 Å². The first-order valence-corrected chi connectivity index (χ1v) is 7.99. The van der Waals surface area contributed by atoms with Gasteiger partial charge in [-0.1, -0.05) is 29.1 Å². The SMILES string of the molecule is c1ccc2sc(SCc3noc(C4CC4)n3)nc2c1. The molecule has 1 aliphatic carbocycles. The van der Waals surface area contributed by atoms with Crippen molar-refractivity contribution in [1.29, 1.82) is 0 Å². The van der Waals surface area contributed by atoms with Crippen LogP contribution in [0, 0.1) is 0 Å². The molecule has 3 aromatic rings. The molecule has 4 rings (SSSR count). The molecule has 96 valence electrons. The van der Waals surface area contributed by atoms with Crippen molar-refractivity contribution in [3.05, 3.63) is 36.0 Å². The van der Waals surface area contributed by atoms with Crippen molar-refractivity contribution >= 4 is 33.3 Å². The summed E-state index contributed by atoms with van der Waals surface area (Å²) in [5, 5.41) is 4.02. The Morgan fingerprint density at radius 3 is 3.00 bits per heavy atom. The minimum Gasteiger partial charge on any atom is -0.339 e. The normalized spacial score (nSPS) is 15.2. The van der Waals surface area contributed by atoms with Crippen molar-refractivity contribution in [3.63, 3.8) is 0 Å². The zero-order valence-electron chi connectivity index (χ0n) is 10.1. The summed E-state index contributed by atoms with van der Waals surface area (Å²) in [5.41, 5.74) is 1.06. The van der Waals surface area contributed by atoms with E-state index in [4.69, 9.17) is 4.52 Å². The molecule has 6 heteroatoms. The molecule has 2 aromatic heterocycles. The van der Waals surface area contributed by atoms with E-state index in [1.54, 1.807) is 23.1 Å². The van der Waals surface area contributed by atoms with Crippen molar-refractivity contribution in [2.24, 2.45) is 0 Å². The molecule has 0 amide bonds. The highest BCUT2D eigenvalue weighted by atomic mass is 32.2. The van der Waals surface area contributed by atoms with Gasteiger partial charge in [0.2, 0.25) is 5.89 Å². The van der Waals surface area contributed by atoms with Gasteiger partial charge in [0.05, 0.1) is 16.0 Å². The first-order chi connectivity index (χ1) is 9.38. The summed E-state index contributed by atoms with van der Waals surface area (Å²) in [7, 11) is 0. The van der Waals surface area contributed by atoms with E-state index in [9.17, 15) is 0 Å².